The van der Waals surface area contributed by atoms with E-state index in [2.05, 4.69) is 12.2 Å². The van der Waals surface area contributed by atoms with Gasteiger partial charge in [0.2, 0.25) is 5.91 Å². The molecule has 136 valence electrons. The third-order valence-electron chi connectivity index (χ3n) is 4.32. The summed E-state index contributed by atoms with van der Waals surface area (Å²) in [6.07, 6.45) is 5.76. The standard InChI is InChI=1S/C17H28N2O5/c1-4-6-7-8-9-10-11-24-17(23)19-15(21)13(12(3)5-2)14(20)18-16(19)22/h12-13H,4-11H2,1-3H3,(H,18,20,22). The van der Waals surface area contributed by atoms with Crippen LogP contribution in [-0.4, -0.2) is 35.4 Å². The summed E-state index contributed by atoms with van der Waals surface area (Å²) in [5.74, 6) is -2.75. The summed E-state index contributed by atoms with van der Waals surface area (Å²) in [4.78, 5) is 48.4. The van der Waals surface area contributed by atoms with Gasteiger partial charge < -0.3 is 4.74 Å². The van der Waals surface area contributed by atoms with E-state index in [1.807, 2.05) is 6.92 Å². The van der Waals surface area contributed by atoms with Crippen molar-refractivity contribution in [1.29, 1.82) is 0 Å². The van der Waals surface area contributed by atoms with Gasteiger partial charge in [-0.15, -0.1) is 0 Å². The van der Waals surface area contributed by atoms with Gasteiger partial charge in [-0.2, -0.15) is 4.90 Å². The molecule has 0 aliphatic carbocycles. The Balaban J connectivity index is 2.51. The van der Waals surface area contributed by atoms with E-state index in [1.165, 1.54) is 6.42 Å². The van der Waals surface area contributed by atoms with Crippen molar-refractivity contribution in [3.8, 4) is 0 Å². The zero-order chi connectivity index (χ0) is 18.1. The van der Waals surface area contributed by atoms with Gasteiger partial charge in [0.1, 0.15) is 5.92 Å². The fourth-order valence-electron chi connectivity index (χ4n) is 2.61. The molecule has 0 radical (unpaired) electrons. The van der Waals surface area contributed by atoms with Crippen LogP contribution in [0.4, 0.5) is 9.59 Å². The molecule has 1 rings (SSSR count). The Bertz CT molecular complexity index is 478. The van der Waals surface area contributed by atoms with Crippen LogP contribution < -0.4 is 5.32 Å². The number of nitrogens with one attached hydrogen (secondary N) is 1. The molecule has 1 saturated heterocycles. The lowest BCUT2D eigenvalue weighted by Gasteiger charge is -2.30. The fourth-order valence-corrected chi connectivity index (χ4v) is 2.61. The average molecular weight is 340 g/mol. The number of ether oxygens (including phenoxy) is 1. The molecule has 0 aromatic heterocycles. The zero-order valence-corrected chi connectivity index (χ0v) is 14.8. The van der Waals surface area contributed by atoms with E-state index < -0.39 is 29.9 Å². The Morgan fingerprint density at radius 1 is 1.12 bits per heavy atom. The van der Waals surface area contributed by atoms with E-state index >= 15 is 0 Å². The maximum atomic E-state index is 12.3. The van der Waals surface area contributed by atoms with Gasteiger partial charge in [0.15, 0.2) is 0 Å². The minimum atomic E-state index is -1.03. The van der Waals surface area contributed by atoms with E-state index in [9.17, 15) is 19.2 Å². The van der Waals surface area contributed by atoms with Crippen molar-refractivity contribution in [2.24, 2.45) is 11.8 Å². The molecule has 24 heavy (non-hydrogen) atoms. The van der Waals surface area contributed by atoms with Gasteiger partial charge in [0.05, 0.1) is 6.61 Å². The van der Waals surface area contributed by atoms with Gasteiger partial charge in [-0.1, -0.05) is 59.3 Å². The molecule has 1 aliphatic rings. The van der Waals surface area contributed by atoms with E-state index in [4.69, 9.17) is 4.74 Å². The summed E-state index contributed by atoms with van der Waals surface area (Å²) < 4.78 is 5.02. The number of barbiturate groups is 1. The number of amides is 5. The largest absolute Gasteiger partial charge is 0.449 e. The predicted molar refractivity (Wildman–Crippen MR) is 88.1 cm³/mol. The molecular formula is C17H28N2O5. The Morgan fingerprint density at radius 2 is 1.75 bits per heavy atom. The normalized spacial score (nSPS) is 19.2. The molecule has 7 heteroatoms. The molecule has 0 bridgehead atoms. The maximum absolute atomic E-state index is 12.3. The molecule has 1 fully saturated rings. The predicted octanol–water partition coefficient (Wildman–Crippen LogP) is 3.22. The van der Waals surface area contributed by atoms with Crippen LogP contribution in [0.15, 0.2) is 0 Å². The van der Waals surface area contributed by atoms with Crippen LogP contribution in [0.1, 0.15) is 65.7 Å². The summed E-state index contributed by atoms with van der Waals surface area (Å²) in [6, 6.07) is -1.03. The molecule has 1 heterocycles. The number of nitrogens with zero attached hydrogens (tertiary/aromatic N) is 1. The van der Waals surface area contributed by atoms with Gasteiger partial charge in [0, 0.05) is 0 Å². The van der Waals surface area contributed by atoms with Crippen molar-refractivity contribution in [3.05, 3.63) is 0 Å². The molecule has 7 nitrogen and oxygen atoms in total. The SMILES string of the molecule is CCCCCCCCOC(=O)N1C(=O)NC(=O)C(C(C)CC)C1=O. The van der Waals surface area contributed by atoms with Crippen LogP contribution in [0.2, 0.25) is 0 Å². The Kier molecular flexibility index (Phi) is 8.43. The topological polar surface area (TPSA) is 92.8 Å². The lowest BCUT2D eigenvalue weighted by molar-refractivity contribution is -0.143. The number of carbonyl (C=O) groups is 4. The van der Waals surface area contributed by atoms with Crippen molar-refractivity contribution < 1.29 is 23.9 Å². The van der Waals surface area contributed by atoms with Crippen molar-refractivity contribution in [1.82, 2.24) is 10.2 Å². The highest BCUT2D eigenvalue weighted by molar-refractivity contribution is 6.22. The number of hydrogen-bond donors (Lipinski definition) is 1. The highest BCUT2D eigenvalue weighted by Gasteiger charge is 2.46. The molecule has 1 N–H and O–H groups in total. The summed E-state index contributed by atoms with van der Waals surface area (Å²) >= 11 is 0. The Hall–Kier alpha value is -1.92. The first-order valence-electron chi connectivity index (χ1n) is 8.79. The number of urea groups is 1. The number of rotatable bonds is 9. The van der Waals surface area contributed by atoms with E-state index in [1.54, 1.807) is 6.92 Å². The smallest absolute Gasteiger partial charge is 0.425 e. The van der Waals surface area contributed by atoms with E-state index in [0.29, 0.717) is 17.7 Å². The summed E-state index contributed by atoms with van der Waals surface area (Å²) in [7, 11) is 0. The Labute approximate surface area is 143 Å². The first-order valence-corrected chi connectivity index (χ1v) is 8.79. The van der Waals surface area contributed by atoms with Crippen LogP contribution >= 0.6 is 0 Å². The fraction of sp³-hybridized carbons (Fsp3) is 0.765. The number of carbonyl (C=O) groups excluding carboxylic acids is 4. The average Bonchev–Trinajstić information content (AvgIpc) is 2.53. The molecular weight excluding hydrogens is 312 g/mol. The third kappa shape index (κ3) is 5.32. The highest BCUT2D eigenvalue weighted by atomic mass is 16.6. The van der Waals surface area contributed by atoms with Crippen LogP contribution in [0.5, 0.6) is 0 Å². The van der Waals surface area contributed by atoms with Gasteiger partial charge in [-0.3, -0.25) is 14.9 Å². The zero-order valence-electron chi connectivity index (χ0n) is 14.8. The number of imide groups is 4. The molecule has 2 unspecified atom stereocenters. The minimum Gasteiger partial charge on any atom is -0.449 e. The lowest BCUT2D eigenvalue weighted by atomic mass is 9.88. The van der Waals surface area contributed by atoms with Crippen LogP contribution in [0.25, 0.3) is 0 Å². The Morgan fingerprint density at radius 3 is 2.38 bits per heavy atom. The molecule has 1 aliphatic heterocycles. The molecule has 0 saturated carbocycles. The van der Waals surface area contributed by atoms with Gasteiger partial charge in [-0.25, -0.2) is 9.59 Å². The quantitative estimate of drug-likeness (QED) is 0.514. The van der Waals surface area contributed by atoms with E-state index in [-0.39, 0.29) is 12.5 Å². The van der Waals surface area contributed by atoms with Crippen molar-refractivity contribution >= 4 is 23.9 Å². The van der Waals surface area contributed by atoms with E-state index in [0.717, 1.165) is 25.7 Å². The molecule has 0 aromatic rings. The van der Waals surface area contributed by atoms with Crippen LogP contribution in [0, 0.1) is 11.8 Å². The monoisotopic (exact) mass is 340 g/mol. The molecule has 0 aromatic carbocycles. The lowest BCUT2D eigenvalue weighted by Crippen LogP contribution is -2.61. The van der Waals surface area contributed by atoms with Crippen molar-refractivity contribution in [3.63, 3.8) is 0 Å². The molecule has 2 atom stereocenters. The summed E-state index contributed by atoms with van der Waals surface area (Å²) in [5.41, 5.74) is 0. The highest BCUT2D eigenvalue weighted by Crippen LogP contribution is 2.22. The van der Waals surface area contributed by atoms with Crippen molar-refractivity contribution in [2.75, 3.05) is 6.61 Å². The van der Waals surface area contributed by atoms with Gasteiger partial charge >= 0.3 is 12.1 Å². The first-order chi connectivity index (χ1) is 11.4. The first kappa shape index (κ1) is 20.1. The molecule has 5 amide bonds. The minimum absolute atomic E-state index is 0.157. The second-order valence-electron chi connectivity index (χ2n) is 6.21. The van der Waals surface area contributed by atoms with Crippen molar-refractivity contribution in [2.45, 2.75) is 65.7 Å². The second kappa shape index (κ2) is 10.1. The number of unbranched alkanes of at least 4 members (excludes halogenated alkanes) is 5. The molecule has 0 spiro atoms. The van der Waals surface area contributed by atoms with Gasteiger partial charge in [-0.05, 0) is 12.3 Å². The van der Waals surface area contributed by atoms with Crippen LogP contribution in [-0.2, 0) is 14.3 Å². The van der Waals surface area contributed by atoms with Crippen LogP contribution in [0.3, 0.4) is 0 Å². The third-order valence-corrected chi connectivity index (χ3v) is 4.32. The second-order valence-corrected chi connectivity index (χ2v) is 6.21. The van der Waals surface area contributed by atoms with Gasteiger partial charge in [0.25, 0.3) is 5.91 Å². The summed E-state index contributed by atoms with van der Waals surface area (Å²) in [6.45, 7) is 5.87. The maximum Gasteiger partial charge on any atom is 0.425 e. The summed E-state index contributed by atoms with van der Waals surface area (Å²) in [5, 5.41) is 2.06. The number of hydrogen-bond acceptors (Lipinski definition) is 5.